The molecule has 20 heavy (non-hydrogen) atoms. The lowest BCUT2D eigenvalue weighted by Gasteiger charge is -2.36. The van der Waals surface area contributed by atoms with E-state index in [2.05, 4.69) is 18.8 Å². The average molecular weight is 277 g/mol. The topological polar surface area (TPSA) is 56.4 Å². The molecule has 1 fully saturated rings. The van der Waals surface area contributed by atoms with E-state index in [-0.39, 0.29) is 17.7 Å². The number of nitrogens with one attached hydrogen (secondary N) is 1. The third-order valence-electron chi connectivity index (χ3n) is 4.06. The van der Waals surface area contributed by atoms with Gasteiger partial charge in [-0.2, -0.15) is 0 Å². The molecule has 1 N–H and O–H groups in total. The Hall–Kier alpha value is -1.78. The summed E-state index contributed by atoms with van der Waals surface area (Å²) < 4.78 is 0. The van der Waals surface area contributed by atoms with E-state index < -0.39 is 0 Å². The summed E-state index contributed by atoms with van der Waals surface area (Å²) in [4.78, 5) is 31.1. The molecule has 0 radical (unpaired) electrons. The van der Waals surface area contributed by atoms with Gasteiger partial charge in [-0.15, -0.1) is 0 Å². The highest BCUT2D eigenvalue weighted by molar-refractivity contribution is 5.94. The van der Waals surface area contributed by atoms with Crippen LogP contribution < -0.4 is 0 Å². The zero-order valence-corrected chi connectivity index (χ0v) is 12.3. The van der Waals surface area contributed by atoms with Crippen LogP contribution in [0.5, 0.6) is 0 Å². The number of rotatable bonds is 4. The van der Waals surface area contributed by atoms with Gasteiger partial charge in [0, 0.05) is 44.5 Å². The van der Waals surface area contributed by atoms with Gasteiger partial charge in [0.15, 0.2) is 0 Å². The highest BCUT2D eigenvalue weighted by Gasteiger charge is 2.27. The van der Waals surface area contributed by atoms with Crippen LogP contribution in [-0.2, 0) is 4.79 Å². The predicted octanol–water partition coefficient (Wildman–Crippen LogP) is 1.74. The maximum Gasteiger partial charge on any atom is 0.255 e. The Bertz CT molecular complexity index is 444. The molecule has 2 rings (SSSR count). The maximum atomic E-state index is 12.3. The lowest BCUT2D eigenvalue weighted by molar-refractivity contribution is -0.137. The molecule has 5 heteroatoms. The quantitative estimate of drug-likeness (QED) is 0.911. The fourth-order valence-corrected chi connectivity index (χ4v) is 2.67. The second kappa shape index (κ2) is 6.59. The minimum atomic E-state index is 0.0425. The highest BCUT2D eigenvalue weighted by atomic mass is 16.2. The van der Waals surface area contributed by atoms with E-state index in [9.17, 15) is 9.59 Å². The van der Waals surface area contributed by atoms with E-state index in [1.807, 2.05) is 9.80 Å². The van der Waals surface area contributed by atoms with Gasteiger partial charge in [0.1, 0.15) is 0 Å². The van der Waals surface area contributed by atoms with Crippen LogP contribution in [0.2, 0.25) is 0 Å². The van der Waals surface area contributed by atoms with E-state index in [0.29, 0.717) is 31.7 Å². The van der Waals surface area contributed by atoms with Crippen molar-refractivity contribution in [3.8, 4) is 0 Å². The molecule has 1 aliphatic heterocycles. The first kappa shape index (κ1) is 14.6. The van der Waals surface area contributed by atoms with Crippen molar-refractivity contribution in [1.82, 2.24) is 14.8 Å². The maximum absolute atomic E-state index is 12.3. The predicted molar refractivity (Wildman–Crippen MR) is 77.3 cm³/mol. The Morgan fingerprint density at radius 3 is 2.25 bits per heavy atom. The third kappa shape index (κ3) is 3.03. The van der Waals surface area contributed by atoms with Crippen LogP contribution in [0.1, 0.15) is 37.0 Å². The first-order chi connectivity index (χ1) is 9.67. The van der Waals surface area contributed by atoms with Gasteiger partial charge in [-0.25, -0.2) is 0 Å². The molecule has 110 valence electrons. The number of nitrogens with zero attached hydrogens (tertiary/aromatic N) is 2. The minimum Gasteiger partial charge on any atom is -0.367 e. The number of aromatic amines is 1. The lowest BCUT2D eigenvalue weighted by atomic mass is 10.0. The molecule has 1 aliphatic rings. The molecule has 0 aromatic carbocycles. The second-order valence-electron chi connectivity index (χ2n) is 5.23. The zero-order valence-electron chi connectivity index (χ0n) is 12.3. The standard InChI is InChI=1S/C15H23N3O2/c1-3-12(4-2)14(19)17-7-9-18(10-8-17)15(20)13-5-6-16-11-13/h5-6,11-12,16H,3-4,7-10H2,1-2H3. The normalized spacial score (nSPS) is 15.8. The van der Waals surface area contributed by atoms with Crippen molar-refractivity contribution in [2.45, 2.75) is 26.7 Å². The third-order valence-corrected chi connectivity index (χ3v) is 4.06. The number of hydrogen-bond donors (Lipinski definition) is 1. The van der Waals surface area contributed by atoms with Crippen LogP contribution in [0.4, 0.5) is 0 Å². The largest absolute Gasteiger partial charge is 0.367 e. The smallest absolute Gasteiger partial charge is 0.255 e. The van der Waals surface area contributed by atoms with E-state index in [0.717, 1.165) is 12.8 Å². The molecule has 1 aromatic heterocycles. The molecular weight excluding hydrogens is 254 g/mol. The van der Waals surface area contributed by atoms with Crippen LogP contribution in [-0.4, -0.2) is 52.8 Å². The summed E-state index contributed by atoms with van der Waals surface area (Å²) >= 11 is 0. The van der Waals surface area contributed by atoms with E-state index >= 15 is 0 Å². The molecule has 5 nitrogen and oxygen atoms in total. The number of carbonyl (C=O) groups excluding carboxylic acids is 2. The monoisotopic (exact) mass is 277 g/mol. The van der Waals surface area contributed by atoms with Gasteiger partial charge in [-0.1, -0.05) is 13.8 Å². The SMILES string of the molecule is CCC(CC)C(=O)N1CCN(C(=O)c2cc[nH]c2)CC1. The summed E-state index contributed by atoms with van der Waals surface area (Å²) in [5.74, 6) is 0.409. The molecule has 2 amide bonds. The highest BCUT2D eigenvalue weighted by Crippen LogP contribution is 2.15. The van der Waals surface area contributed by atoms with Crippen molar-refractivity contribution in [3.05, 3.63) is 24.0 Å². The Labute approximate surface area is 119 Å². The van der Waals surface area contributed by atoms with Crippen LogP contribution in [0, 0.1) is 5.92 Å². The van der Waals surface area contributed by atoms with Gasteiger partial charge in [0.25, 0.3) is 5.91 Å². The number of piperazine rings is 1. The zero-order chi connectivity index (χ0) is 14.5. The second-order valence-corrected chi connectivity index (χ2v) is 5.23. The van der Waals surface area contributed by atoms with E-state index in [1.165, 1.54) is 0 Å². The van der Waals surface area contributed by atoms with Gasteiger partial charge >= 0.3 is 0 Å². The van der Waals surface area contributed by atoms with Crippen molar-refractivity contribution in [3.63, 3.8) is 0 Å². The molecule has 0 spiro atoms. The summed E-state index contributed by atoms with van der Waals surface area (Å²) in [7, 11) is 0. The summed E-state index contributed by atoms with van der Waals surface area (Å²) in [5, 5.41) is 0. The van der Waals surface area contributed by atoms with Gasteiger partial charge < -0.3 is 14.8 Å². The molecule has 0 atom stereocenters. The number of H-pyrrole nitrogens is 1. The number of amides is 2. The molecule has 0 bridgehead atoms. The Morgan fingerprint density at radius 1 is 1.15 bits per heavy atom. The van der Waals surface area contributed by atoms with Crippen molar-refractivity contribution in [1.29, 1.82) is 0 Å². The van der Waals surface area contributed by atoms with Crippen molar-refractivity contribution in [2.75, 3.05) is 26.2 Å². The fraction of sp³-hybridized carbons (Fsp3) is 0.600. The Morgan fingerprint density at radius 2 is 1.75 bits per heavy atom. The molecule has 0 aliphatic carbocycles. The van der Waals surface area contributed by atoms with Crippen LogP contribution in [0.15, 0.2) is 18.5 Å². The molecule has 1 saturated heterocycles. The number of aromatic nitrogens is 1. The molecule has 1 aromatic rings. The number of hydrogen-bond acceptors (Lipinski definition) is 2. The van der Waals surface area contributed by atoms with E-state index in [1.54, 1.807) is 18.5 Å². The molecule has 0 unspecified atom stereocenters. The van der Waals surface area contributed by atoms with Crippen LogP contribution >= 0.6 is 0 Å². The first-order valence-corrected chi connectivity index (χ1v) is 7.38. The van der Waals surface area contributed by atoms with Crippen LogP contribution in [0.3, 0.4) is 0 Å². The summed E-state index contributed by atoms with van der Waals surface area (Å²) in [6.45, 7) is 6.64. The molecule has 2 heterocycles. The van der Waals surface area contributed by atoms with Gasteiger partial charge in [0.05, 0.1) is 5.56 Å². The summed E-state index contributed by atoms with van der Waals surface area (Å²) in [6, 6.07) is 1.78. The summed E-state index contributed by atoms with van der Waals surface area (Å²) in [6.07, 6.45) is 5.24. The average Bonchev–Trinajstić information content (AvgIpc) is 3.02. The minimum absolute atomic E-state index is 0.0425. The van der Waals surface area contributed by atoms with Gasteiger partial charge in [-0.3, -0.25) is 9.59 Å². The van der Waals surface area contributed by atoms with Crippen molar-refractivity contribution in [2.24, 2.45) is 5.92 Å². The Balaban J connectivity index is 1.89. The van der Waals surface area contributed by atoms with Crippen molar-refractivity contribution < 1.29 is 9.59 Å². The summed E-state index contributed by atoms with van der Waals surface area (Å²) in [5.41, 5.74) is 0.685. The van der Waals surface area contributed by atoms with Crippen LogP contribution in [0.25, 0.3) is 0 Å². The van der Waals surface area contributed by atoms with Gasteiger partial charge in [-0.05, 0) is 18.9 Å². The van der Waals surface area contributed by atoms with Crippen molar-refractivity contribution >= 4 is 11.8 Å². The Kier molecular flexibility index (Phi) is 4.82. The number of carbonyl (C=O) groups is 2. The molecular formula is C15H23N3O2. The van der Waals surface area contributed by atoms with Gasteiger partial charge in [0.2, 0.25) is 5.91 Å². The fourth-order valence-electron chi connectivity index (χ4n) is 2.67. The lowest BCUT2D eigenvalue weighted by Crippen LogP contribution is -2.51. The first-order valence-electron chi connectivity index (χ1n) is 7.38. The van der Waals surface area contributed by atoms with E-state index in [4.69, 9.17) is 0 Å². The molecule has 0 saturated carbocycles.